The van der Waals surface area contributed by atoms with Gasteiger partial charge in [0.1, 0.15) is 12.2 Å². The summed E-state index contributed by atoms with van der Waals surface area (Å²) in [6, 6.07) is 17.4. The zero-order valence-electron chi connectivity index (χ0n) is 21.4. The number of alkyl carbamates (subject to hydrolysis) is 1. The Morgan fingerprint density at radius 3 is 1.86 bits per heavy atom. The van der Waals surface area contributed by atoms with E-state index in [1.54, 1.807) is 20.8 Å². The molecule has 1 unspecified atom stereocenters. The molecule has 0 saturated carbocycles. The Balaban J connectivity index is 2.17. The Morgan fingerprint density at radius 1 is 0.811 bits per heavy atom. The first-order valence-corrected chi connectivity index (χ1v) is 12.2. The number of carboxylic acids is 2. The van der Waals surface area contributed by atoms with Crippen molar-refractivity contribution in [3.05, 3.63) is 71.8 Å². The molecule has 0 aromatic heterocycles. The highest BCUT2D eigenvalue weighted by atomic mass is 16.6. The lowest BCUT2D eigenvalue weighted by atomic mass is 9.89. The SMILES string of the molecule is CC(C)(C)OC(=O)N[C@@H](CCC(CCc1ccccc1)C(=O)OCc1ccccc1)C(C(=O)O)C(=O)O. The molecule has 9 nitrogen and oxygen atoms in total. The van der Waals surface area contributed by atoms with Crippen molar-refractivity contribution in [2.24, 2.45) is 11.8 Å². The zero-order valence-corrected chi connectivity index (χ0v) is 21.4. The molecule has 0 spiro atoms. The van der Waals surface area contributed by atoms with Gasteiger partial charge in [-0.15, -0.1) is 0 Å². The van der Waals surface area contributed by atoms with Crippen molar-refractivity contribution in [1.29, 1.82) is 0 Å². The number of carbonyl (C=O) groups excluding carboxylic acids is 2. The standard InChI is InChI=1S/C28H35NO8/c1-28(2,3)37-27(35)29-22(23(24(30)31)25(32)33)17-16-21(15-14-19-10-6-4-7-11-19)26(34)36-18-20-12-8-5-9-13-20/h4-13,21-23H,14-18H2,1-3H3,(H,29,35)(H,30,31)(H,32,33)/t21?,22-/m0/s1. The quantitative estimate of drug-likeness (QED) is 0.264. The summed E-state index contributed by atoms with van der Waals surface area (Å²) >= 11 is 0. The van der Waals surface area contributed by atoms with Gasteiger partial charge < -0.3 is 25.0 Å². The van der Waals surface area contributed by atoms with Crippen molar-refractivity contribution in [3.8, 4) is 0 Å². The van der Waals surface area contributed by atoms with Crippen LogP contribution in [-0.2, 0) is 36.9 Å². The Morgan fingerprint density at radius 2 is 1.35 bits per heavy atom. The largest absolute Gasteiger partial charge is 0.481 e. The number of ether oxygens (including phenoxy) is 2. The second-order valence-electron chi connectivity index (χ2n) is 9.80. The molecule has 0 bridgehead atoms. The highest BCUT2D eigenvalue weighted by Gasteiger charge is 2.37. The third kappa shape index (κ3) is 10.7. The molecule has 0 heterocycles. The fourth-order valence-corrected chi connectivity index (χ4v) is 3.82. The van der Waals surface area contributed by atoms with Crippen LogP contribution in [0.15, 0.2) is 60.7 Å². The van der Waals surface area contributed by atoms with Gasteiger partial charge in [0.25, 0.3) is 0 Å². The fourth-order valence-electron chi connectivity index (χ4n) is 3.82. The van der Waals surface area contributed by atoms with E-state index in [1.165, 1.54) is 0 Å². The van der Waals surface area contributed by atoms with Crippen molar-refractivity contribution in [1.82, 2.24) is 5.32 Å². The molecule has 2 aromatic carbocycles. The molecule has 2 rings (SSSR count). The van der Waals surface area contributed by atoms with E-state index < -0.39 is 47.5 Å². The third-order valence-corrected chi connectivity index (χ3v) is 5.64. The molecule has 200 valence electrons. The number of hydrogen-bond donors (Lipinski definition) is 3. The second kappa shape index (κ2) is 14.0. The number of carboxylic acid groups (broad SMARTS) is 2. The Hall–Kier alpha value is -3.88. The van der Waals surface area contributed by atoms with Crippen LogP contribution >= 0.6 is 0 Å². The highest BCUT2D eigenvalue weighted by molar-refractivity contribution is 5.94. The summed E-state index contributed by atoms with van der Waals surface area (Å²) in [5.41, 5.74) is 0.968. The molecular formula is C28H35NO8. The van der Waals surface area contributed by atoms with Gasteiger partial charge in [0.05, 0.1) is 12.0 Å². The number of aryl methyl sites for hydroxylation is 1. The molecule has 0 fully saturated rings. The Kier molecular flexibility index (Phi) is 11.1. The van der Waals surface area contributed by atoms with Crippen molar-refractivity contribution >= 4 is 24.0 Å². The van der Waals surface area contributed by atoms with E-state index in [2.05, 4.69) is 5.32 Å². The molecular weight excluding hydrogens is 478 g/mol. The lowest BCUT2D eigenvalue weighted by molar-refractivity contribution is -0.155. The summed E-state index contributed by atoms with van der Waals surface area (Å²) in [7, 11) is 0. The van der Waals surface area contributed by atoms with Crippen molar-refractivity contribution < 1.29 is 38.9 Å². The first-order valence-electron chi connectivity index (χ1n) is 12.2. The van der Waals surface area contributed by atoms with E-state index in [0.717, 1.165) is 11.1 Å². The van der Waals surface area contributed by atoms with Crippen LogP contribution in [0.1, 0.15) is 51.2 Å². The minimum absolute atomic E-state index is 0.0774. The van der Waals surface area contributed by atoms with Crippen LogP contribution in [0.3, 0.4) is 0 Å². The number of hydrogen-bond acceptors (Lipinski definition) is 6. The van der Waals surface area contributed by atoms with Gasteiger partial charge in [-0.25, -0.2) is 4.79 Å². The number of benzene rings is 2. The number of carbonyl (C=O) groups is 4. The van der Waals surface area contributed by atoms with E-state index in [-0.39, 0.29) is 19.4 Å². The number of amides is 1. The predicted octanol–water partition coefficient (Wildman–Crippen LogP) is 4.44. The first kappa shape index (κ1) is 29.4. The summed E-state index contributed by atoms with van der Waals surface area (Å²) in [4.78, 5) is 48.9. The lowest BCUT2D eigenvalue weighted by Crippen LogP contribution is -2.48. The van der Waals surface area contributed by atoms with Gasteiger partial charge in [0, 0.05) is 0 Å². The fraction of sp³-hybridized carbons (Fsp3) is 0.429. The zero-order chi connectivity index (χ0) is 27.4. The first-order chi connectivity index (χ1) is 17.5. The van der Waals surface area contributed by atoms with Crippen molar-refractivity contribution in [2.45, 2.75) is 64.7 Å². The highest BCUT2D eigenvalue weighted by Crippen LogP contribution is 2.22. The second-order valence-corrected chi connectivity index (χ2v) is 9.80. The van der Waals surface area contributed by atoms with Crippen molar-refractivity contribution in [2.75, 3.05) is 0 Å². The molecule has 2 atom stereocenters. The van der Waals surface area contributed by atoms with Crippen LogP contribution in [0.5, 0.6) is 0 Å². The summed E-state index contributed by atoms with van der Waals surface area (Å²) in [5.74, 6) is -6.22. The van der Waals surface area contributed by atoms with Crippen molar-refractivity contribution in [3.63, 3.8) is 0 Å². The molecule has 9 heteroatoms. The summed E-state index contributed by atoms with van der Waals surface area (Å²) < 4.78 is 10.7. The summed E-state index contributed by atoms with van der Waals surface area (Å²) in [6.45, 7) is 4.98. The van der Waals surface area contributed by atoms with Gasteiger partial charge in [0.2, 0.25) is 0 Å². The Labute approximate surface area is 216 Å². The molecule has 3 N–H and O–H groups in total. The van der Waals surface area contributed by atoms with E-state index in [4.69, 9.17) is 9.47 Å². The molecule has 0 radical (unpaired) electrons. The van der Waals surface area contributed by atoms with Crippen LogP contribution in [0.4, 0.5) is 4.79 Å². The summed E-state index contributed by atoms with van der Waals surface area (Å²) in [5, 5.41) is 21.5. The number of nitrogens with one attached hydrogen (secondary N) is 1. The predicted molar refractivity (Wildman–Crippen MR) is 136 cm³/mol. The smallest absolute Gasteiger partial charge is 0.407 e. The van der Waals surface area contributed by atoms with Crippen LogP contribution in [0.25, 0.3) is 0 Å². The van der Waals surface area contributed by atoms with E-state index in [0.29, 0.717) is 12.8 Å². The minimum atomic E-state index is -1.91. The number of aliphatic carboxylic acids is 2. The maximum atomic E-state index is 13.0. The molecule has 2 aromatic rings. The normalized spacial score (nSPS) is 12.9. The van der Waals surface area contributed by atoms with E-state index >= 15 is 0 Å². The van der Waals surface area contributed by atoms with Gasteiger partial charge >= 0.3 is 24.0 Å². The molecule has 37 heavy (non-hydrogen) atoms. The van der Waals surface area contributed by atoms with Gasteiger partial charge in [-0.3, -0.25) is 14.4 Å². The Bertz CT molecular complexity index is 1020. The summed E-state index contributed by atoms with van der Waals surface area (Å²) in [6.07, 6.45) is 0.0665. The van der Waals surface area contributed by atoms with Crippen LogP contribution < -0.4 is 5.32 Å². The van der Waals surface area contributed by atoms with Gasteiger partial charge in [-0.2, -0.15) is 0 Å². The van der Waals surface area contributed by atoms with Crippen LogP contribution in [0.2, 0.25) is 0 Å². The number of rotatable bonds is 13. The molecule has 0 aliphatic carbocycles. The van der Waals surface area contributed by atoms with Crippen LogP contribution in [-0.4, -0.2) is 45.9 Å². The van der Waals surface area contributed by atoms with Gasteiger partial charge in [0.15, 0.2) is 5.92 Å². The van der Waals surface area contributed by atoms with Gasteiger partial charge in [-0.05, 0) is 57.6 Å². The topological polar surface area (TPSA) is 139 Å². The minimum Gasteiger partial charge on any atom is -0.481 e. The maximum absolute atomic E-state index is 13.0. The lowest BCUT2D eigenvalue weighted by Gasteiger charge is -2.26. The molecule has 0 aliphatic heterocycles. The molecule has 1 amide bonds. The van der Waals surface area contributed by atoms with E-state index in [9.17, 15) is 29.4 Å². The maximum Gasteiger partial charge on any atom is 0.407 e. The molecule has 0 aliphatic rings. The number of esters is 1. The average molecular weight is 514 g/mol. The van der Waals surface area contributed by atoms with E-state index in [1.807, 2.05) is 60.7 Å². The molecule has 0 saturated heterocycles. The monoisotopic (exact) mass is 513 g/mol. The third-order valence-electron chi connectivity index (χ3n) is 5.64. The average Bonchev–Trinajstić information content (AvgIpc) is 2.82. The van der Waals surface area contributed by atoms with Gasteiger partial charge in [-0.1, -0.05) is 60.7 Å². The van der Waals surface area contributed by atoms with Crippen LogP contribution in [0, 0.1) is 11.8 Å².